The van der Waals surface area contributed by atoms with E-state index < -0.39 is 6.10 Å². The smallest absolute Gasteiger partial charge is 0.125 e. The summed E-state index contributed by atoms with van der Waals surface area (Å²) in [6, 6.07) is 18.0. The second kappa shape index (κ2) is 4.83. The molecule has 1 aliphatic rings. The third kappa shape index (κ3) is 2.12. The topological polar surface area (TPSA) is 29.5 Å². The lowest BCUT2D eigenvalue weighted by Crippen LogP contribution is -2.27. The molecule has 0 unspecified atom stereocenters. The van der Waals surface area contributed by atoms with Gasteiger partial charge in [0.05, 0.1) is 12.7 Å². The van der Waals surface area contributed by atoms with Gasteiger partial charge in [0.2, 0.25) is 0 Å². The van der Waals surface area contributed by atoms with Gasteiger partial charge in [-0.25, -0.2) is 0 Å². The van der Waals surface area contributed by atoms with Gasteiger partial charge >= 0.3 is 0 Å². The summed E-state index contributed by atoms with van der Waals surface area (Å²) >= 11 is 0. The lowest BCUT2D eigenvalue weighted by Gasteiger charge is -2.30. The largest absolute Gasteiger partial charge is 0.493 e. The molecule has 0 saturated heterocycles. The number of rotatable bonds is 2. The van der Waals surface area contributed by atoms with Gasteiger partial charge in [-0.3, -0.25) is 0 Å². The Morgan fingerprint density at radius 1 is 1.00 bits per heavy atom. The summed E-state index contributed by atoms with van der Waals surface area (Å²) in [5.74, 6) is 0.941. The van der Waals surface area contributed by atoms with Crippen molar-refractivity contribution in [3.8, 4) is 5.75 Å². The van der Waals surface area contributed by atoms with Crippen LogP contribution in [0.25, 0.3) is 0 Å². The molecule has 92 valence electrons. The molecule has 2 aromatic carbocycles. The van der Waals surface area contributed by atoms with Crippen LogP contribution in [0.5, 0.6) is 5.75 Å². The Labute approximate surface area is 107 Å². The van der Waals surface area contributed by atoms with Crippen LogP contribution in [-0.2, 0) is 6.42 Å². The van der Waals surface area contributed by atoms with Crippen LogP contribution < -0.4 is 4.74 Å². The van der Waals surface area contributed by atoms with Crippen molar-refractivity contribution in [2.75, 3.05) is 6.61 Å². The van der Waals surface area contributed by atoms with E-state index in [4.69, 9.17) is 4.74 Å². The third-order valence-electron chi connectivity index (χ3n) is 3.48. The second-order valence-corrected chi connectivity index (χ2v) is 4.74. The molecule has 1 N–H and O–H groups in total. The summed E-state index contributed by atoms with van der Waals surface area (Å²) in [6.45, 7) is 0.576. The van der Waals surface area contributed by atoms with Gasteiger partial charge in [-0.2, -0.15) is 0 Å². The predicted molar refractivity (Wildman–Crippen MR) is 70.5 cm³/mol. The van der Waals surface area contributed by atoms with E-state index in [-0.39, 0.29) is 5.92 Å². The van der Waals surface area contributed by atoms with Crippen molar-refractivity contribution in [1.82, 2.24) is 0 Å². The van der Waals surface area contributed by atoms with Gasteiger partial charge in [-0.15, -0.1) is 0 Å². The molecule has 0 fully saturated rings. The van der Waals surface area contributed by atoms with Gasteiger partial charge < -0.3 is 9.84 Å². The van der Waals surface area contributed by atoms with Crippen molar-refractivity contribution >= 4 is 0 Å². The van der Waals surface area contributed by atoms with E-state index in [1.807, 2.05) is 42.5 Å². The second-order valence-electron chi connectivity index (χ2n) is 4.74. The first-order valence-electron chi connectivity index (χ1n) is 6.28. The molecule has 0 radical (unpaired) electrons. The van der Waals surface area contributed by atoms with Crippen LogP contribution in [0.15, 0.2) is 54.6 Å². The molecule has 2 heteroatoms. The van der Waals surface area contributed by atoms with E-state index >= 15 is 0 Å². The van der Waals surface area contributed by atoms with E-state index in [0.717, 1.165) is 17.7 Å². The zero-order valence-corrected chi connectivity index (χ0v) is 10.1. The number of ether oxygens (including phenoxy) is 1. The van der Waals surface area contributed by atoms with E-state index in [1.54, 1.807) is 0 Å². The summed E-state index contributed by atoms with van der Waals surface area (Å²) in [5, 5.41) is 10.4. The molecule has 0 aromatic heterocycles. The minimum Gasteiger partial charge on any atom is -0.493 e. The van der Waals surface area contributed by atoms with Gasteiger partial charge in [0.15, 0.2) is 0 Å². The Balaban J connectivity index is 1.81. The maximum Gasteiger partial charge on any atom is 0.125 e. The van der Waals surface area contributed by atoms with Gasteiger partial charge in [0.1, 0.15) is 5.75 Å². The highest BCUT2D eigenvalue weighted by molar-refractivity contribution is 5.37. The monoisotopic (exact) mass is 240 g/mol. The molecule has 0 bridgehead atoms. The minimum absolute atomic E-state index is 0.127. The van der Waals surface area contributed by atoms with Gasteiger partial charge in [-0.05, 0) is 18.1 Å². The number of aliphatic hydroxyl groups excluding tert-OH is 1. The number of hydrogen-bond acceptors (Lipinski definition) is 2. The molecular formula is C16H16O2. The maximum absolute atomic E-state index is 10.4. The van der Waals surface area contributed by atoms with Crippen LogP contribution >= 0.6 is 0 Å². The van der Waals surface area contributed by atoms with Crippen molar-refractivity contribution in [3.63, 3.8) is 0 Å². The fourth-order valence-corrected chi connectivity index (χ4v) is 2.49. The number of para-hydroxylation sites is 1. The molecule has 2 atom stereocenters. The zero-order chi connectivity index (χ0) is 12.4. The fourth-order valence-electron chi connectivity index (χ4n) is 2.49. The molecule has 0 saturated carbocycles. The lowest BCUT2D eigenvalue weighted by molar-refractivity contribution is 0.0508. The van der Waals surface area contributed by atoms with Gasteiger partial charge in [0.25, 0.3) is 0 Å². The molecule has 2 nitrogen and oxygen atoms in total. The van der Waals surface area contributed by atoms with Crippen LogP contribution in [0.4, 0.5) is 0 Å². The van der Waals surface area contributed by atoms with Crippen molar-refractivity contribution in [2.24, 2.45) is 5.92 Å². The first kappa shape index (κ1) is 11.3. The number of fused-ring (bicyclic) bond motifs is 1. The van der Waals surface area contributed by atoms with E-state index in [9.17, 15) is 5.11 Å². The summed E-state index contributed by atoms with van der Waals surface area (Å²) in [7, 11) is 0. The molecular weight excluding hydrogens is 224 g/mol. The number of aliphatic hydroxyl groups is 1. The predicted octanol–water partition coefficient (Wildman–Crippen LogP) is 2.97. The summed E-state index contributed by atoms with van der Waals surface area (Å²) in [6.07, 6.45) is 0.409. The van der Waals surface area contributed by atoms with Crippen molar-refractivity contribution in [2.45, 2.75) is 12.5 Å². The quantitative estimate of drug-likeness (QED) is 0.874. The Kier molecular flexibility index (Phi) is 3.03. The average molecular weight is 240 g/mol. The molecule has 1 aliphatic heterocycles. The lowest BCUT2D eigenvalue weighted by atomic mass is 9.88. The fraction of sp³-hybridized carbons (Fsp3) is 0.250. The Morgan fingerprint density at radius 2 is 1.72 bits per heavy atom. The highest BCUT2D eigenvalue weighted by Gasteiger charge is 2.28. The first-order valence-corrected chi connectivity index (χ1v) is 6.28. The minimum atomic E-state index is -0.435. The maximum atomic E-state index is 10.4. The Morgan fingerprint density at radius 3 is 2.56 bits per heavy atom. The van der Waals surface area contributed by atoms with Crippen molar-refractivity contribution < 1.29 is 9.84 Å². The SMILES string of the molecule is O[C@@H]1c2ccccc2OC[C@@H]1Cc1ccccc1. The van der Waals surface area contributed by atoms with Crippen molar-refractivity contribution in [1.29, 1.82) is 0 Å². The van der Waals surface area contributed by atoms with Crippen LogP contribution in [0.3, 0.4) is 0 Å². The molecule has 2 aromatic rings. The third-order valence-corrected chi connectivity index (χ3v) is 3.48. The number of hydrogen-bond donors (Lipinski definition) is 1. The summed E-state index contributed by atoms with van der Waals surface area (Å²) < 4.78 is 5.72. The first-order chi connectivity index (χ1) is 8.84. The molecule has 0 aliphatic carbocycles. The standard InChI is InChI=1S/C16H16O2/c17-16-13(10-12-6-2-1-3-7-12)11-18-15-9-5-4-8-14(15)16/h1-9,13,16-17H,10-11H2/t13-,16-/m0/s1. The molecule has 3 rings (SSSR count). The Bertz CT molecular complexity index is 522. The Hall–Kier alpha value is -1.80. The van der Waals surface area contributed by atoms with Crippen LogP contribution in [0.2, 0.25) is 0 Å². The zero-order valence-electron chi connectivity index (χ0n) is 10.1. The summed E-state index contributed by atoms with van der Waals surface area (Å²) in [5.41, 5.74) is 2.15. The molecule has 0 spiro atoms. The van der Waals surface area contributed by atoms with E-state index in [1.165, 1.54) is 5.56 Å². The molecule has 18 heavy (non-hydrogen) atoms. The van der Waals surface area contributed by atoms with Gasteiger partial charge in [-0.1, -0.05) is 48.5 Å². The molecule has 1 heterocycles. The van der Waals surface area contributed by atoms with Crippen molar-refractivity contribution in [3.05, 3.63) is 65.7 Å². The normalized spacial score (nSPS) is 22.1. The van der Waals surface area contributed by atoms with Crippen LogP contribution in [0, 0.1) is 5.92 Å². The van der Waals surface area contributed by atoms with E-state index in [2.05, 4.69) is 12.1 Å². The van der Waals surface area contributed by atoms with Crippen LogP contribution in [0.1, 0.15) is 17.2 Å². The average Bonchev–Trinajstić information content (AvgIpc) is 2.43. The molecule has 0 amide bonds. The summed E-state index contributed by atoms with van der Waals surface area (Å²) in [4.78, 5) is 0. The highest BCUT2D eigenvalue weighted by Crippen LogP contribution is 2.36. The van der Waals surface area contributed by atoms with E-state index in [0.29, 0.717) is 6.61 Å². The van der Waals surface area contributed by atoms with Crippen LogP contribution in [-0.4, -0.2) is 11.7 Å². The highest BCUT2D eigenvalue weighted by atomic mass is 16.5. The van der Waals surface area contributed by atoms with Gasteiger partial charge in [0, 0.05) is 11.5 Å². The number of benzene rings is 2.